The van der Waals surface area contributed by atoms with Gasteiger partial charge in [0.2, 0.25) is 5.76 Å². The predicted octanol–water partition coefficient (Wildman–Crippen LogP) is 2.91. The lowest BCUT2D eigenvalue weighted by atomic mass is 10.2. The van der Waals surface area contributed by atoms with Gasteiger partial charge < -0.3 is 9.52 Å². The maximum atomic E-state index is 10.9. The lowest BCUT2D eigenvalue weighted by molar-refractivity contribution is 0.0661. The van der Waals surface area contributed by atoms with E-state index in [4.69, 9.17) is 9.52 Å². The van der Waals surface area contributed by atoms with Crippen LogP contribution in [0.15, 0.2) is 10.5 Å². The second-order valence-corrected chi connectivity index (χ2v) is 5.18. The van der Waals surface area contributed by atoms with E-state index >= 15 is 0 Å². The molecule has 0 spiro atoms. The summed E-state index contributed by atoms with van der Waals surface area (Å²) in [5.41, 5.74) is 1.00. The second-order valence-electron chi connectivity index (χ2n) is 5.18. The molecule has 1 aromatic heterocycles. The minimum absolute atomic E-state index is 0.0466. The molecule has 1 heterocycles. The van der Waals surface area contributed by atoms with Gasteiger partial charge in [-0.05, 0) is 44.7 Å². The van der Waals surface area contributed by atoms with Crippen molar-refractivity contribution in [2.45, 2.75) is 39.7 Å². The van der Waals surface area contributed by atoms with Crippen molar-refractivity contribution >= 4 is 5.97 Å². The van der Waals surface area contributed by atoms with E-state index in [-0.39, 0.29) is 5.76 Å². The summed E-state index contributed by atoms with van der Waals surface area (Å²) in [6, 6.07) is 1.66. The van der Waals surface area contributed by atoms with Crippen LogP contribution in [0.2, 0.25) is 0 Å². The highest BCUT2D eigenvalue weighted by Gasteiger charge is 2.24. The molecular formula is C14H21NO3. The monoisotopic (exact) mass is 251 g/mol. The van der Waals surface area contributed by atoms with Gasteiger partial charge in [0, 0.05) is 18.7 Å². The quantitative estimate of drug-likeness (QED) is 0.809. The van der Waals surface area contributed by atoms with Crippen LogP contribution in [0.1, 0.15) is 48.1 Å². The van der Waals surface area contributed by atoms with Crippen molar-refractivity contribution in [1.29, 1.82) is 0 Å². The number of carboxylic acid groups (broad SMARTS) is 1. The number of carbonyl (C=O) groups is 1. The van der Waals surface area contributed by atoms with Crippen molar-refractivity contribution in [3.05, 3.63) is 23.2 Å². The summed E-state index contributed by atoms with van der Waals surface area (Å²) in [6.07, 6.45) is 3.80. The molecule has 4 nitrogen and oxygen atoms in total. The molecule has 0 amide bonds. The van der Waals surface area contributed by atoms with Crippen LogP contribution in [0.3, 0.4) is 0 Å². The van der Waals surface area contributed by atoms with Gasteiger partial charge in [-0.2, -0.15) is 0 Å². The first-order chi connectivity index (χ1) is 8.60. The lowest BCUT2D eigenvalue weighted by Gasteiger charge is -2.21. The smallest absolute Gasteiger partial charge is 0.371 e. The van der Waals surface area contributed by atoms with Crippen LogP contribution < -0.4 is 0 Å². The number of carboxylic acids is 1. The fraction of sp³-hybridized carbons (Fsp3) is 0.643. The normalized spacial score (nSPS) is 15.3. The van der Waals surface area contributed by atoms with Gasteiger partial charge >= 0.3 is 5.97 Å². The van der Waals surface area contributed by atoms with Gasteiger partial charge in [-0.15, -0.1) is 0 Å². The minimum Gasteiger partial charge on any atom is -0.475 e. The Morgan fingerprint density at radius 2 is 2.28 bits per heavy atom. The molecule has 0 aromatic carbocycles. The molecule has 0 saturated heterocycles. The molecule has 2 rings (SSSR count). The Bertz CT molecular complexity index is 421. The highest BCUT2D eigenvalue weighted by atomic mass is 16.4. The highest BCUT2D eigenvalue weighted by molar-refractivity contribution is 5.84. The Labute approximate surface area is 108 Å². The summed E-state index contributed by atoms with van der Waals surface area (Å²) in [6.45, 7) is 6.99. The molecule has 1 aromatic rings. The standard InChI is InChI=1S/C14H21NO3/c1-3-6-15(8-11-4-5-11)9-12-7-13(14(16)17)18-10(12)2/h7,11H,3-6,8-9H2,1-2H3,(H,16,17). The van der Waals surface area contributed by atoms with Crippen molar-refractivity contribution in [3.8, 4) is 0 Å². The third-order valence-electron chi connectivity index (χ3n) is 3.38. The largest absolute Gasteiger partial charge is 0.475 e. The molecule has 0 aliphatic heterocycles. The maximum absolute atomic E-state index is 10.9. The van der Waals surface area contributed by atoms with Gasteiger partial charge in [-0.25, -0.2) is 4.79 Å². The van der Waals surface area contributed by atoms with Gasteiger partial charge in [0.1, 0.15) is 5.76 Å². The lowest BCUT2D eigenvalue weighted by Crippen LogP contribution is -2.26. The van der Waals surface area contributed by atoms with Crippen LogP contribution in [0.4, 0.5) is 0 Å². The summed E-state index contributed by atoms with van der Waals surface area (Å²) in [5.74, 6) is 0.631. The first kappa shape index (κ1) is 13.1. The zero-order chi connectivity index (χ0) is 13.1. The SMILES string of the molecule is CCCN(Cc1cc(C(=O)O)oc1C)CC1CC1. The zero-order valence-electron chi connectivity index (χ0n) is 11.1. The van der Waals surface area contributed by atoms with Crippen molar-refractivity contribution in [2.75, 3.05) is 13.1 Å². The van der Waals surface area contributed by atoms with Crippen LogP contribution in [-0.2, 0) is 6.54 Å². The van der Waals surface area contributed by atoms with Gasteiger partial charge in [-0.3, -0.25) is 4.90 Å². The molecule has 1 fully saturated rings. The second kappa shape index (κ2) is 5.57. The van der Waals surface area contributed by atoms with Gasteiger partial charge in [0.15, 0.2) is 0 Å². The number of aryl methyl sites for hydroxylation is 1. The molecule has 4 heteroatoms. The first-order valence-corrected chi connectivity index (χ1v) is 6.65. The molecule has 100 valence electrons. The molecule has 0 radical (unpaired) electrons. The molecule has 0 atom stereocenters. The van der Waals surface area contributed by atoms with Crippen LogP contribution >= 0.6 is 0 Å². The number of hydrogen-bond donors (Lipinski definition) is 1. The average molecular weight is 251 g/mol. The van der Waals surface area contributed by atoms with E-state index in [9.17, 15) is 4.79 Å². The Morgan fingerprint density at radius 1 is 1.56 bits per heavy atom. The number of rotatable bonds is 7. The maximum Gasteiger partial charge on any atom is 0.371 e. The summed E-state index contributed by atoms with van der Waals surface area (Å²) < 4.78 is 5.25. The minimum atomic E-state index is -0.992. The molecule has 1 N–H and O–H groups in total. The van der Waals surface area contributed by atoms with Crippen molar-refractivity contribution in [3.63, 3.8) is 0 Å². The molecule has 1 saturated carbocycles. The van der Waals surface area contributed by atoms with Crippen LogP contribution in [0, 0.1) is 12.8 Å². The topological polar surface area (TPSA) is 53.7 Å². The molecule has 1 aliphatic carbocycles. The van der Waals surface area contributed by atoms with E-state index in [1.807, 2.05) is 6.92 Å². The number of aromatic carboxylic acids is 1. The molecule has 18 heavy (non-hydrogen) atoms. The van der Waals surface area contributed by atoms with Crippen LogP contribution in [0.5, 0.6) is 0 Å². The average Bonchev–Trinajstić information content (AvgIpc) is 3.03. The zero-order valence-corrected chi connectivity index (χ0v) is 11.1. The van der Waals surface area contributed by atoms with Crippen LogP contribution in [0.25, 0.3) is 0 Å². The summed E-state index contributed by atoms with van der Waals surface area (Å²) >= 11 is 0. The van der Waals surface area contributed by atoms with Crippen molar-refractivity contribution in [2.24, 2.45) is 5.92 Å². The van der Waals surface area contributed by atoms with E-state index in [1.54, 1.807) is 6.07 Å². The fourth-order valence-corrected chi connectivity index (χ4v) is 2.24. The number of hydrogen-bond acceptors (Lipinski definition) is 3. The van der Waals surface area contributed by atoms with E-state index < -0.39 is 5.97 Å². The summed E-state index contributed by atoms with van der Waals surface area (Å²) in [4.78, 5) is 13.3. The van der Waals surface area contributed by atoms with Gasteiger partial charge in [-0.1, -0.05) is 6.92 Å². The third kappa shape index (κ3) is 3.35. The van der Waals surface area contributed by atoms with E-state index in [0.717, 1.165) is 43.3 Å². The van der Waals surface area contributed by atoms with Crippen LogP contribution in [-0.4, -0.2) is 29.1 Å². The number of nitrogens with zero attached hydrogens (tertiary/aromatic N) is 1. The molecule has 1 aliphatic rings. The fourth-order valence-electron chi connectivity index (χ4n) is 2.24. The molecular weight excluding hydrogens is 230 g/mol. The van der Waals surface area contributed by atoms with E-state index in [2.05, 4.69) is 11.8 Å². The Morgan fingerprint density at radius 3 is 2.78 bits per heavy atom. The first-order valence-electron chi connectivity index (χ1n) is 6.65. The van der Waals surface area contributed by atoms with Crippen molar-refractivity contribution < 1.29 is 14.3 Å². The third-order valence-corrected chi connectivity index (χ3v) is 3.38. The number of furan rings is 1. The summed E-state index contributed by atoms with van der Waals surface area (Å²) in [5, 5.41) is 8.91. The molecule has 0 unspecified atom stereocenters. The Kier molecular flexibility index (Phi) is 4.07. The van der Waals surface area contributed by atoms with Crippen molar-refractivity contribution in [1.82, 2.24) is 4.90 Å². The van der Waals surface area contributed by atoms with Gasteiger partial charge in [0.25, 0.3) is 0 Å². The highest BCUT2D eigenvalue weighted by Crippen LogP contribution is 2.30. The van der Waals surface area contributed by atoms with Gasteiger partial charge in [0.05, 0.1) is 0 Å². The molecule has 0 bridgehead atoms. The Balaban J connectivity index is 2.02. The predicted molar refractivity (Wildman–Crippen MR) is 68.7 cm³/mol. The van der Waals surface area contributed by atoms with E-state index in [1.165, 1.54) is 12.8 Å². The summed E-state index contributed by atoms with van der Waals surface area (Å²) in [7, 11) is 0. The van der Waals surface area contributed by atoms with E-state index in [0.29, 0.717) is 0 Å². The Hall–Kier alpha value is -1.29.